The maximum absolute atomic E-state index is 10.9. The van der Waals surface area contributed by atoms with Gasteiger partial charge in [-0.05, 0) is 44.4 Å². The zero-order valence-electron chi connectivity index (χ0n) is 12.4. The number of likely N-dealkylation sites (tertiary alicyclic amines) is 1. The number of ether oxygens (including phenoxy) is 1. The van der Waals surface area contributed by atoms with Crippen molar-refractivity contribution in [3.05, 3.63) is 29.8 Å². The highest BCUT2D eigenvalue weighted by atomic mass is 16.5. The lowest BCUT2D eigenvalue weighted by Gasteiger charge is -2.35. The molecule has 1 aliphatic rings. The summed E-state index contributed by atoms with van der Waals surface area (Å²) in [5.41, 5.74) is 0.636. The largest absolute Gasteiger partial charge is 0.493 e. The first kappa shape index (κ1) is 15.0. The van der Waals surface area contributed by atoms with Gasteiger partial charge in [0, 0.05) is 12.6 Å². The van der Waals surface area contributed by atoms with E-state index in [0.29, 0.717) is 17.9 Å². The molecule has 0 amide bonds. The van der Waals surface area contributed by atoms with Gasteiger partial charge in [-0.3, -0.25) is 4.79 Å². The molecule has 20 heavy (non-hydrogen) atoms. The number of aldehydes is 1. The first-order valence-corrected chi connectivity index (χ1v) is 7.76. The quantitative estimate of drug-likeness (QED) is 0.563. The van der Waals surface area contributed by atoms with E-state index in [-0.39, 0.29) is 0 Å². The summed E-state index contributed by atoms with van der Waals surface area (Å²) in [4.78, 5) is 13.5. The van der Waals surface area contributed by atoms with Gasteiger partial charge in [-0.15, -0.1) is 0 Å². The Balaban J connectivity index is 1.74. The van der Waals surface area contributed by atoms with Gasteiger partial charge in [-0.25, -0.2) is 0 Å². The lowest BCUT2D eigenvalue weighted by Crippen LogP contribution is -2.40. The van der Waals surface area contributed by atoms with Gasteiger partial charge in [0.05, 0.1) is 12.2 Å². The molecule has 0 spiro atoms. The minimum Gasteiger partial charge on any atom is -0.493 e. The van der Waals surface area contributed by atoms with Crippen LogP contribution in [0.15, 0.2) is 24.3 Å². The van der Waals surface area contributed by atoms with E-state index in [1.807, 2.05) is 18.2 Å². The van der Waals surface area contributed by atoms with Crippen molar-refractivity contribution in [3.63, 3.8) is 0 Å². The molecule has 2 rings (SSSR count). The van der Waals surface area contributed by atoms with Crippen molar-refractivity contribution in [1.82, 2.24) is 4.90 Å². The summed E-state index contributed by atoms with van der Waals surface area (Å²) in [5, 5.41) is 0. The number of carbonyl (C=O) groups excluding carboxylic acids is 1. The molecule has 0 aromatic heterocycles. The second-order valence-corrected chi connectivity index (χ2v) is 5.45. The number of nitrogens with zero attached hydrogens (tertiary/aromatic N) is 1. The molecule has 110 valence electrons. The van der Waals surface area contributed by atoms with Crippen molar-refractivity contribution in [1.29, 1.82) is 0 Å². The molecular weight excluding hydrogens is 250 g/mol. The highest BCUT2D eigenvalue weighted by molar-refractivity contribution is 5.79. The fourth-order valence-electron chi connectivity index (χ4n) is 2.98. The molecule has 0 saturated carbocycles. The fourth-order valence-corrected chi connectivity index (χ4v) is 2.98. The average Bonchev–Trinajstić information content (AvgIpc) is 2.52. The standard InChI is InChI=1S/C17H25NO2/c1-2-16-9-5-6-11-18(16)12-7-13-20-17-10-4-3-8-15(17)14-19/h3-4,8,10,14,16H,2,5-7,9,11-13H2,1H3/t16-/m1/s1. The Morgan fingerprint density at radius 3 is 3.00 bits per heavy atom. The molecule has 0 radical (unpaired) electrons. The second kappa shape index (κ2) is 8.05. The summed E-state index contributed by atoms with van der Waals surface area (Å²) < 4.78 is 5.73. The van der Waals surface area contributed by atoms with Gasteiger partial charge in [0.15, 0.2) is 6.29 Å². The molecule has 1 heterocycles. The summed E-state index contributed by atoms with van der Waals surface area (Å²) in [7, 11) is 0. The van der Waals surface area contributed by atoms with Gasteiger partial charge >= 0.3 is 0 Å². The fraction of sp³-hybridized carbons (Fsp3) is 0.588. The van der Waals surface area contributed by atoms with E-state index in [2.05, 4.69) is 11.8 Å². The zero-order chi connectivity index (χ0) is 14.2. The second-order valence-electron chi connectivity index (χ2n) is 5.45. The van der Waals surface area contributed by atoms with Crippen LogP contribution in [0, 0.1) is 0 Å². The molecule has 1 aromatic rings. The van der Waals surface area contributed by atoms with Gasteiger partial charge < -0.3 is 9.64 Å². The Kier molecular flexibility index (Phi) is 6.06. The molecule has 3 heteroatoms. The van der Waals surface area contributed by atoms with Gasteiger partial charge in [0.25, 0.3) is 0 Å². The number of benzene rings is 1. The van der Waals surface area contributed by atoms with Crippen molar-refractivity contribution in [2.75, 3.05) is 19.7 Å². The zero-order valence-corrected chi connectivity index (χ0v) is 12.4. The monoisotopic (exact) mass is 275 g/mol. The average molecular weight is 275 g/mol. The molecule has 1 aliphatic heterocycles. The third-order valence-corrected chi connectivity index (χ3v) is 4.11. The van der Waals surface area contributed by atoms with E-state index < -0.39 is 0 Å². The number of carbonyl (C=O) groups is 1. The highest BCUT2D eigenvalue weighted by Crippen LogP contribution is 2.20. The van der Waals surface area contributed by atoms with Crippen LogP contribution in [-0.2, 0) is 0 Å². The molecule has 1 fully saturated rings. The van der Waals surface area contributed by atoms with E-state index in [1.54, 1.807) is 6.07 Å². The van der Waals surface area contributed by atoms with Crippen molar-refractivity contribution in [2.24, 2.45) is 0 Å². The van der Waals surface area contributed by atoms with Crippen LogP contribution in [0.1, 0.15) is 49.4 Å². The van der Waals surface area contributed by atoms with E-state index in [0.717, 1.165) is 25.3 Å². The highest BCUT2D eigenvalue weighted by Gasteiger charge is 2.19. The topological polar surface area (TPSA) is 29.5 Å². The molecule has 1 atom stereocenters. The van der Waals surface area contributed by atoms with Crippen LogP contribution < -0.4 is 4.74 Å². The third-order valence-electron chi connectivity index (χ3n) is 4.11. The Labute approximate surface area is 121 Å². The summed E-state index contributed by atoms with van der Waals surface area (Å²) >= 11 is 0. The first-order valence-electron chi connectivity index (χ1n) is 7.76. The Morgan fingerprint density at radius 2 is 2.20 bits per heavy atom. The van der Waals surface area contributed by atoms with Crippen LogP contribution in [-0.4, -0.2) is 36.9 Å². The van der Waals surface area contributed by atoms with Gasteiger partial charge in [0.2, 0.25) is 0 Å². The molecule has 1 aromatic carbocycles. The van der Waals surface area contributed by atoms with Crippen LogP contribution in [0.25, 0.3) is 0 Å². The van der Waals surface area contributed by atoms with E-state index in [9.17, 15) is 4.79 Å². The van der Waals surface area contributed by atoms with E-state index in [1.165, 1.54) is 32.2 Å². The minimum absolute atomic E-state index is 0.636. The number of hydrogen-bond donors (Lipinski definition) is 0. The van der Waals surface area contributed by atoms with Gasteiger partial charge in [-0.1, -0.05) is 25.5 Å². The van der Waals surface area contributed by atoms with Crippen LogP contribution in [0.4, 0.5) is 0 Å². The van der Waals surface area contributed by atoms with Crippen molar-refractivity contribution < 1.29 is 9.53 Å². The Hall–Kier alpha value is -1.35. The first-order chi connectivity index (χ1) is 9.85. The molecule has 3 nitrogen and oxygen atoms in total. The maximum atomic E-state index is 10.9. The maximum Gasteiger partial charge on any atom is 0.153 e. The molecule has 0 aliphatic carbocycles. The molecular formula is C17H25NO2. The summed E-state index contributed by atoms with van der Waals surface area (Å²) in [6.07, 6.45) is 7.15. The number of para-hydroxylation sites is 1. The Bertz CT molecular complexity index is 419. The molecule has 0 unspecified atom stereocenters. The summed E-state index contributed by atoms with van der Waals surface area (Å²) in [5.74, 6) is 0.702. The smallest absolute Gasteiger partial charge is 0.153 e. The molecule has 1 saturated heterocycles. The number of piperidine rings is 1. The van der Waals surface area contributed by atoms with Crippen LogP contribution in [0.2, 0.25) is 0 Å². The van der Waals surface area contributed by atoms with Gasteiger partial charge in [0.1, 0.15) is 5.75 Å². The predicted octanol–water partition coefficient (Wildman–Crippen LogP) is 3.53. The molecule has 0 N–H and O–H groups in total. The van der Waals surface area contributed by atoms with Crippen LogP contribution >= 0.6 is 0 Å². The molecule has 0 bridgehead atoms. The van der Waals surface area contributed by atoms with Crippen molar-refractivity contribution in [2.45, 2.75) is 45.1 Å². The van der Waals surface area contributed by atoms with E-state index in [4.69, 9.17) is 4.74 Å². The number of rotatable bonds is 7. The third kappa shape index (κ3) is 4.07. The summed E-state index contributed by atoms with van der Waals surface area (Å²) in [6.45, 7) is 5.28. The van der Waals surface area contributed by atoms with Crippen molar-refractivity contribution in [3.8, 4) is 5.75 Å². The van der Waals surface area contributed by atoms with Crippen LogP contribution in [0.5, 0.6) is 5.75 Å². The normalized spacial score (nSPS) is 19.8. The lowest BCUT2D eigenvalue weighted by molar-refractivity contribution is 0.111. The van der Waals surface area contributed by atoms with Crippen LogP contribution in [0.3, 0.4) is 0 Å². The van der Waals surface area contributed by atoms with E-state index >= 15 is 0 Å². The minimum atomic E-state index is 0.636. The Morgan fingerprint density at radius 1 is 1.35 bits per heavy atom. The van der Waals surface area contributed by atoms with Gasteiger partial charge in [-0.2, -0.15) is 0 Å². The van der Waals surface area contributed by atoms with Crippen molar-refractivity contribution >= 4 is 6.29 Å². The summed E-state index contributed by atoms with van der Waals surface area (Å²) in [6, 6.07) is 8.17. The predicted molar refractivity (Wildman–Crippen MR) is 81.4 cm³/mol. The number of hydrogen-bond acceptors (Lipinski definition) is 3. The SMILES string of the molecule is CC[C@@H]1CCCCN1CCCOc1ccccc1C=O. The lowest BCUT2D eigenvalue weighted by atomic mass is 10.00.